The van der Waals surface area contributed by atoms with Gasteiger partial charge >= 0.3 is 0 Å². The van der Waals surface area contributed by atoms with Gasteiger partial charge in [-0.1, -0.05) is 18.2 Å². The molecule has 25 heavy (non-hydrogen) atoms. The van der Waals surface area contributed by atoms with Crippen LogP contribution < -0.4 is 0 Å². The highest BCUT2D eigenvalue weighted by Gasteiger charge is 2.48. The molecule has 2 fully saturated rings. The molecule has 0 radical (unpaired) electrons. The first kappa shape index (κ1) is 16.6. The normalized spacial score (nSPS) is 29.0. The zero-order valence-corrected chi connectivity index (χ0v) is 14.5. The molecular formula is C21H26N2O2. The Hall–Kier alpha value is -1.91. The number of likely N-dealkylation sites (tertiary alicyclic amines) is 1. The van der Waals surface area contributed by atoms with E-state index in [-0.39, 0.29) is 0 Å². The third-order valence-electron chi connectivity index (χ3n) is 5.83. The molecule has 0 bridgehead atoms. The molecule has 1 aliphatic carbocycles. The fourth-order valence-electron chi connectivity index (χ4n) is 4.67. The van der Waals surface area contributed by atoms with Crippen LogP contribution in [0, 0.1) is 11.8 Å². The van der Waals surface area contributed by atoms with Crippen LogP contribution in [0.15, 0.2) is 48.7 Å². The summed E-state index contributed by atoms with van der Waals surface area (Å²) in [4.78, 5) is 6.91. The summed E-state index contributed by atoms with van der Waals surface area (Å²) >= 11 is 0. The van der Waals surface area contributed by atoms with Crippen molar-refractivity contribution < 1.29 is 10.2 Å². The molecule has 1 aromatic carbocycles. The number of pyridine rings is 1. The molecule has 2 aliphatic rings. The predicted molar refractivity (Wildman–Crippen MR) is 97.4 cm³/mol. The Balaban J connectivity index is 1.29. The van der Waals surface area contributed by atoms with Crippen molar-refractivity contribution in [3.8, 4) is 5.75 Å². The van der Waals surface area contributed by atoms with Gasteiger partial charge in [0.25, 0.3) is 0 Å². The van der Waals surface area contributed by atoms with Crippen molar-refractivity contribution in [3.05, 3.63) is 59.9 Å². The van der Waals surface area contributed by atoms with E-state index in [9.17, 15) is 10.2 Å². The van der Waals surface area contributed by atoms with Gasteiger partial charge in [-0.3, -0.25) is 4.98 Å². The molecular weight excluding hydrogens is 312 g/mol. The number of rotatable bonds is 5. The molecule has 2 N–H and O–H groups in total. The third kappa shape index (κ3) is 3.86. The smallest absolute Gasteiger partial charge is 0.115 e. The third-order valence-corrected chi connectivity index (χ3v) is 5.83. The van der Waals surface area contributed by atoms with E-state index in [1.807, 2.05) is 30.3 Å². The molecule has 2 aromatic rings. The van der Waals surface area contributed by atoms with Crippen LogP contribution in [0.1, 0.15) is 24.1 Å². The Morgan fingerprint density at radius 2 is 1.76 bits per heavy atom. The highest BCUT2D eigenvalue weighted by atomic mass is 16.3. The monoisotopic (exact) mass is 338 g/mol. The van der Waals surface area contributed by atoms with Crippen molar-refractivity contribution in [2.24, 2.45) is 11.8 Å². The fraction of sp³-hybridized carbons (Fsp3) is 0.476. The van der Waals surface area contributed by atoms with Gasteiger partial charge in [0, 0.05) is 37.9 Å². The lowest BCUT2D eigenvalue weighted by Crippen LogP contribution is -2.33. The topological polar surface area (TPSA) is 56.6 Å². The molecule has 4 heteroatoms. The first-order valence-electron chi connectivity index (χ1n) is 9.22. The van der Waals surface area contributed by atoms with E-state index in [4.69, 9.17) is 0 Å². The van der Waals surface area contributed by atoms with Crippen molar-refractivity contribution in [2.45, 2.75) is 31.3 Å². The Morgan fingerprint density at radius 3 is 2.40 bits per heavy atom. The Bertz CT molecular complexity index is 688. The van der Waals surface area contributed by atoms with Crippen molar-refractivity contribution in [2.75, 3.05) is 19.6 Å². The van der Waals surface area contributed by atoms with Crippen LogP contribution in [-0.2, 0) is 12.8 Å². The molecule has 0 spiro atoms. The van der Waals surface area contributed by atoms with Gasteiger partial charge in [0.15, 0.2) is 0 Å². The first-order chi connectivity index (χ1) is 12.1. The van der Waals surface area contributed by atoms with Crippen LogP contribution in [0.4, 0.5) is 0 Å². The largest absolute Gasteiger partial charge is 0.508 e. The minimum atomic E-state index is -0.577. The lowest BCUT2D eigenvalue weighted by molar-refractivity contribution is 0.0346. The maximum Gasteiger partial charge on any atom is 0.115 e. The zero-order valence-electron chi connectivity index (χ0n) is 14.5. The van der Waals surface area contributed by atoms with Gasteiger partial charge in [-0.05, 0) is 60.9 Å². The number of phenols is 1. The van der Waals surface area contributed by atoms with Gasteiger partial charge < -0.3 is 15.1 Å². The van der Waals surface area contributed by atoms with Crippen molar-refractivity contribution in [1.82, 2.24) is 9.88 Å². The summed E-state index contributed by atoms with van der Waals surface area (Å²) in [6, 6.07) is 13.4. The van der Waals surface area contributed by atoms with Gasteiger partial charge in [-0.2, -0.15) is 0 Å². The summed E-state index contributed by atoms with van der Waals surface area (Å²) in [5.74, 6) is 1.54. The summed E-state index contributed by atoms with van der Waals surface area (Å²) in [5.41, 5.74) is 1.68. The second-order valence-corrected chi connectivity index (χ2v) is 7.83. The number of hydrogen-bond acceptors (Lipinski definition) is 4. The molecule has 0 amide bonds. The van der Waals surface area contributed by atoms with Crippen molar-refractivity contribution in [1.29, 1.82) is 0 Å². The number of nitrogens with zero attached hydrogens (tertiary/aromatic N) is 2. The Labute approximate surface area is 149 Å². The molecule has 1 saturated heterocycles. The molecule has 2 unspecified atom stereocenters. The van der Waals surface area contributed by atoms with Gasteiger partial charge in [0.1, 0.15) is 5.75 Å². The molecule has 2 heterocycles. The second kappa shape index (κ2) is 6.77. The summed E-state index contributed by atoms with van der Waals surface area (Å²) in [6.45, 7) is 3.23. The highest BCUT2D eigenvalue weighted by Crippen LogP contribution is 2.45. The minimum absolute atomic E-state index is 0.326. The molecule has 1 aromatic heterocycles. The van der Waals surface area contributed by atoms with Gasteiger partial charge in [0.05, 0.1) is 5.60 Å². The Kier molecular flexibility index (Phi) is 4.48. The SMILES string of the molecule is Oc1ccc(CCN2CC3CC(O)(Cc4ccccn4)CC3C2)cc1. The van der Waals surface area contributed by atoms with Crippen LogP contribution >= 0.6 is 0 Å². The van der Waals surface area contributed by atoms with Gasteiger partial charge in [-0.15, -0.1) is 0 Å². The lowest BCUT2D eigenvalue weighted by atomic mass is 9.93. The number of benzene rings is 1. The standard InChI is InChI=1S/C21H26N2O2/c24-20-6-4-16(5-7-20)8-10-23-14-17-11-21(25,12-18(17)15-23)13-19-3-1-2-9-22-19/h1-7,9,17-18,24-25H,8,10-15H2. The quantitative estimate of drug-likeness (QED) is 0.880. The van der Waals surface area contributed by atoms with E-state index in [2.05, 4.69) is 9.88 Å². The maximum absolute atomic E-state index is 11.0. The van der Waals surface area contributed by atoms with Gasteiger partial charge in [-0.25, -0.2) is 0 Å². The fourth-order valence-corrected chi connectivity index (χ4v) is 4.67. The highest BCUT2D eigenvalue weighted by molar-refractivity contribution is 5.26. The van der Waals surface area contributed by atoms with E-state index in [1.54, 1.807) is 18.3 Å². The van der Waals surface area contributed by atoms with E-state index < -0.39 is 5.60 Å². The molecule has 1 aliphatic heterocycles. The summed E-state index contributed by atoms with van der Waals surface area (Å²) in [6.07, 6.45) is 5.28. The number of aromatic nitrogens is 1. The minimum Gasteiger partial charge on any atom is -0.508 e. The summed E-state index contributed by atoms with van der Waals surface area (Å²) in [7, 11) is 0. The van der Waals surface area contributed by atoms with Crippen LogP contribution in [0.2, 0.25) is 0 Å². The number of aliphatic hydroxyl groups is 1. The van der Waals surface area contributed by atoms with Crippen molar-refractivity contribution >= 4 is 0 Å². The average molecular weight is 338 g/mol. The van der Waals surface area contributed by atoms with Crippen LogP contribution in [0.25, 0.3) is 0 Å². The number of phenolic OH excluding ortho intramolecular Hbond substituents is 1. The van der Waals surface area contributed by atoms with Crippen LogP contribution in [-0.4, -0.2) is 45.3 Å². The van der Waals surface area contributed by atoms with E-state index in [1.165, 1.54) is 5.56 Å². The molecule has 2 atom stereocenters. The Morgan fingerprint density at radius 1 is 1.04 bits per heavy atom. The predicted octanol–water partition coefficient (Wildman–Crippen LogP) is 2.65. The number of aromatic hydroxyl groups is 1. The number of hydrogen-bond donors (Lipinski definition) is 2. The molecule has 1 saturated carbocycles. The van der Waals surface area contributed by atoms with Crippen molar-refractivity contribution in [3.63, 3.8) is 0 Å². The maximum atomic E-state index is 11.0. The van der Waals surface area contributed by atoms with E-state index in [0.29, 0.717) is 24.0 Å². The molecule has 4 nitrogen and oxygen atoms in total. The zero-order chi connectivity index (χ0) is 17.3. The first-order valence-corrected chi connectivity index (χ1v) is 9.22. The van der Waals surface area contributed by atoms with E-state index >= 15 is 0 Å². The van der Waals surface area contributed by atoms with Gasteiger partial charge in [0.2, 0.25) is 0 Å². The average Bonchev–Trinajstić information content (AvgIpc) is 3.09. The van der Waals surface area contributed by atoms with E-state index in [0.717, 1.165) is 44.6 Å². The van der Waals surface area contributed by atoms with Crippen LogP contribution in [0.3, 0.4) is 0 Å². The summed E-state index contributed by atoms with van der Waals surface area (Å²) in [5, 5.41) is 20.4. The molecule has 4 rings (SSSR count). The summed E-state index contributed by atoms with van der Waals surface area (Å²) < 4.78 is 0. The van der Waals surface area contributed by atoms with Crippen LogP contribution in [0.5, 0.6) is 5.75 Å². The second-order valence-electron chi connectivity index (χ2n) is 7.83. The lowest BCUT2D eigenvalue weighted by Gasteiger charge is -2.25. The number of fused-ring (bicyclic) bond motifs is 1. The molecule has 132 valence electrons.